The van der Waals surface area contributed by atoms with Gasteiger partial charge in [-0.2, -0.15) is 0 Å². The Kier molecular flexibility index (Phi) is 8.14. The average molecular weight is 615 g/mol. The second-order valence-corrected chi connectivity index (χ2v) is 12.0. The zero-order valence-electron chi connectivity index (χ0n) is 26.3. The zero-order chi connectivity index (χ0) is 31.4. The van der Waals surface area contributed by atoms with E-state index < -0.39 is 0 Å². The molecule has 230 valence electrons. The fourth-order valence-electron chi connectivity index (χ4n) is 6.77. The van der Waals surface area contributed by atoms with Gasteiger partial charge in [-0.25, -0.2) is 9.55 Å². The maximum absolute atomic E-state index is 6.08. The van der Waals surface area contributed by atoms with Crippen LogP contribution in [0.4, 0.5) is 0 Å². The molecule has 0 N–H and O–H groups in total. The molecule has 8 rings (SSSR count). The maximum atomic E-state index is 6.08. The third-order valence-electron chi connectivity index (χ3n) is 8.96. The van der Waals surface area contributed by atoms with Crippen molar-refractivity contribution < 1.29 is 14.0 Å². The molecule has 8 aromatic rings. The highest BCUT2D eigenvalue weighted by atomic mass is 16.5. The van der Waals surface area contributed by atoms with Gasteiger partial charge >= 0.3 is 0 Å². The summed E-state index contributed by atoms with van der Waals surface area (Å²) in [4.78, 5) is 4.08. The highest BCUT2D eigenvalue weighted by molar-refractivity contribution is 6.15. The molecule has 0 fully saturated rings. The summed E-state index contributed by atoms with van der Waals surface area (Å²) in [7, 11) is 0. The zero-order valence-corrected chi connectivity index (χ0v) is 26.3. The van der Waals surface area contributed by atoms with Crippen LogP contribution in [0.3, 0.4) is 0 Å². The second-order valence-electron chi connectivity index (χ2n) is 12.0. The minimum atomic E-state index is 0.555. The first-order valence-electron chi connectivity index (χ1n) is 16.3. The molecule has 0 unspecified atom stereocenters. The third-order valence-corrected chi connectivity index (χ3v) is 8.96. The molecule has 0 bridgehead atoms. The van der Waals surface area contributed by atoms with Crippen LogP contribution in [0, 0.1) is 0 Å². The summed E-state index contributed by atoms with van der Waals surface area (Å²) < 4.78 is 16.2. The predicted molar refractivity (Wildman–Crippen MR) is 191 cm³/mol. The van der Waals surface area contributed by atoms with Gasteiger partial charge in [0.15, 0.2) is 18.9 Å². The van der Waals surface area contributed by atoms with Crippen molar-refractivity contribution in [1.82, 2.24) is 9.55 Å². The molecule has 0 radical (unpaired) electrons. The van der Waals surface area contributed by atoms with Crippen molar-refractivity contribution in [2.75, 3.05) is 26.4 Å². The number of imidazole rings is 1. The van der Waals surface area contributed by atoms with Gasteiger partial charge < -0.3 is 14.0 Å². The highest BCUT2D eigenvalue weighted by Gasteiger charge is 2.19. The van der Waals surface area contributed by atoms with Crippen LogP contribution in [-0.2, 0) is 22.6 Å². The molecule has 6 aromatic carbocycles. The molecular formula is C42H36N3O2+. The lowest BCUT2D eigenvalue weighted by atomic mass is 9.89. The van der Waals surface area contributed by atoms with E-state index in [1.54, 1.807) is 6.20 Å². The SMILES string of the molecule is c1ccc2c(-c3cc(-c4c5ccccc5cc5ccccc45)c[n+](CCOCCOCCn4ccnc4)c3)c3ccccc3cc2c1. The third kappa shape index (κ3) is 5.99. The number of pyridine rings is 1. The van der Waals surface area contributed by atoms with Gasteiger partial charge in [-0.3, -0.25) is 0 Å². The molecule has 5 nitrogen and oxygen atoms in total. The van der Waals surface area contributed by atoms with Crippen molar-refractivity contribution in [3.63, 3.8) is 0 Å². The van der Waals surface area contributed by atoms with Crippen molar-refractivity contribution in [2.24, 2.45) is 0 Å². The van der Waals surface area contributed by atoms with E-state index in [1.165, 1.54) is 65.3 Å². The number of hydrogen-bond acceptors (Lipinski definition) is 3. The van der Waals surface area contributed by atoms with Crippen LogP contribution >= 0.6 is 0 Å². The number of hydrogen-bond donors (Lipinski definition) is 0. The summed E-state index contributed by atoms with van der Waals surface area (Å²) in [6.07, 6.45) is 10.1. The van der Waals surface area contributed by atoms with Crippen molar-refractivity contribution in [3.05, 3.63) is 146 Å². The minimum Gasteiger partial charge on any atom is -0.377 e. The molecule has 2 aromatic heterocycles. The Morgan fingerprint density at radius 2 is 1.00 bits per heavy atom. The van der Waals surface area contributed by atoms with Gasteiger partial charge in [0.1, 0.15) is 6.61 Å². The van der Waals surface area contributed by atoms with Crippen LogP contribution in [0.5, 0.6) is 0 Å². The number of nitrogens with zero attached hydrogens (tertiary/aromatic N) is 3. The molecule has 0 amide bonds. The normalized spacial score (nSPS) is 11.7. The average Bonchev–Trinajstić information content (AvgIpc) is 3.64. The fourth-order valence-corrected chi connectivity index (χ4v) is 6.77. The van der Waals surface area contributed by atoms with Crippen LogP contribution in [0.1, 0.15) is 0 Å². The van der Waals surface area contributed by atoms with Crippen molar-refractivity contribution >= 4 is 43.1 Å². The van der Waals surface area contributed by atoms with E-state index >= 15 is 0 Å². The summed E-state index contributed by atoms with van der Waals surface area (Å²) in [5.41, 5.74) is 4.89. The summed E-state index contributed by atoms with van der Waals surface area (Å²) >= 11 is 0. The van der Waals surface area contributed by atoms with Gasteiger partial charge in [-0.15, -0.1) is 0 Å². The lowest BCUT2D eigenvalue weighted by Crippen LogP contribution is -2.36. The lowest BCUT2D eigenvalue weighted by Gasteiger charge is -2.15. The van der Waals surface area contributed by atoms with E-state index in [1.807, 2.05) is 17.1 Å². The number of benzene rings is 6. The van der Waals surface area contributed by atoms with E-state index in [0.29, 0.717) is 26.4 Å². The molecule has 0 aliphatic heterocycles. The summed E-state index contributed by atoms with van der Waals surface area (Å²) in [5, 5.41) is 9.97. The Morgan fingerprint density at radius 3 is 1.47 bits per heavy atom. The first-order valence-corrected chi connectivity index (χ1v) is 16.3. The van der Waals surface area contributed by atoms with E-state index in [0.717, 1.165) is 13.1 Å². The molecule has 0 atom stereocenters. The molecule has 0 aliphatic carbocycles. The van der Waals surface area contributed by atoms with Crippen LogP contribution in [-0.4, -0.2) is 36.0 Å². The first-order chi connectivity index (χ1) is 23.3. The van der Waals surface area contributed by atoms with Gasteiger partial charge in [0.25, 0.3) is 0 Å². The van der Waals surface area contributed by atoms with E-state index in [2.05, 4.69) is 137 Å². The number of fused-ring (bicyclic) bond motifs is 4. The van der Waals surface area contributed by atoms with Crippen molar-refractivity contribution in [1.29, 1.82) is 0 Å². The van der Waals surface area contributed by atoms with Crippen molar-refractivity contribution in [2.45, 2.75) is 13.1 Å². The Bertz CT molecular complexity index is 2080. The van der Waals surface area contributed by atoms with E-state index in [4.69, 9.17) is 9.47 Å². The van der Waals surface area contributed by atoms with Crippen LogP contribution in [0.25, 0.3) is 65.3 Å². The highest BCUT2D eigenvalue weighted by Crippen LogP contribution is 2.40. The van der Waals surface area contributed by atoms with Gasteiger partial charge in [0.05, 0.1) is 26.1 Å². The molecule has 0 saturated carbocycles. The topological polar surface area (TPSA) is 40.2 Å². The van der Waals surface area contributed by atoms with Crippen LogP contribution in [0.15, 0.2) is 146 Å². The molecule has 0 spiro atoms. The monoisotopic (exact) mass is 614 g/mol. The Hall–Kier alpha value is -5.36. The van der Waals surface area contributed by atoms with E-state index in [9.17, 15) is 0 Å². The Balaban J connectivity index is 1.19. The standard InChI is InChI=1S/C42H36N3O2/c1-5-13-37-31(9-1)25-32-10-2-6-14-38(32)41(37)35-27-36(42-39-15-7-3-11-33(39)26-34-12-4-8-16-40(34)42)29-45(28-35)20-22-47-24-23-46-21-19-44-18-17-43-30-44/h1-18,25-30H,19-24H2/q+1. The molecule has 2 heterocycles. The lowest BCUT2D eigenvalue weighted by molar-refractivity contribution is -0.697. The van der Waals surface area contributed by atoms with Gasteiger partial charge in [0, 0.05) is 41.2 Å². The molecular weight excluding hydrogens is 578 g/mol. The van der Waals surface area contributed by atoms with E-state index in [-0.39, 0.29) is 0 Å². The van der Waals surface area contributed by atoms with Crippen LogP contribution in [0.2, 0.25) is 0 Å². The van der Waals surface area contributed by atoms with Crippen molar-refractivity contribution in [3.8, 4) is 22.3 Å². The number of aromatic nitrogens is 3. The Morgan fingerprint density at radius 1 is 0.532 bits per heavy atom. The molecule has 47 heavy (non-hydrogen) atoms. The first kappa shape index (κ1) is 29.1. The largest absolute Gasteiger partial charge is 0.377 e. The number of ether oxygens (including phenoxy) is 2. The maximum Gasteiger partial charge on any atom is 0.176 e. The smallest absolute Gasteiger partial charge is 0.176 e. The summed E-state index contributed by atoms with van der Waals surface area (Å²) in [6.45, 7) is 3.86. The summed E-state index contributed by atoms with van der Waals surface area (Å²) in [6, 6.07) is 41.9. The molecule has 0 aliphatic rings. The molecule has 5 heteroatoms. The fraction of sp³-hybridized carbons (Fsp3) is 0.143. The Labute approximate surface area is 274 Å². The van der Waals surface area contributed by atoms with Crippen LogP contribution < -0.4 is 4.57 Å². The molecule has 0 saturated heterocycles. The van der Waals surface area contributed by atoms with Gasteiger partial charge in [0.2, 0.25) is 0 Å². The minimum absolute atomic E-state index is 0.555. The van der Waals surface area contributed by atoms with Gasteiger partial charge in [-0.1, -0.05) is 97.1 Å². The predicted octanol–water partition coefficient (Wildman–Crippen LogP) is 8.85. The quantitative estimate of drug-likeness (QED) is 0.0830. The number of rotatable bonds is 11. The second kappa shape index (κ2) is 13.2. The van der Waals surface area contributed by atoms with Gasteiger partial charge in [-0.05, 0) is 61.3 Å². The summed E-state index contributed by atoms with van der Waals surface area (Å²) in [5.74, 6) is 0.